The first-order valence-electron chi connectivity index (χ1n) is 6.89. The summed E-state index contributed by atoms with van der Waals surface area (Å²) >= 11 is 1.21. The maximum Gasteiger partial charge on any atom is 0.277 e. The van der Waals surface area contributed by atoms with E-state index in [9.17, 15) is 4.79 Å². The fraction of sp³-hybridized carbons (Fsp3) is 0.357. The lowest BCUT2D eigenvalue weighted by molar-refractivity contribution is -0.118. The van der Waals surface area contributed by atoms with Crippen molar-refractivity contribution in [3.63, 3.8) is 0 Å². The molecule has 3 rings (SSSR count). The van der Waals surface area contributed by atoms with Crippen molar-refractivity contribution in [2.75, 3.05) is 19.1 Å². The average molecular weight is 321 g/mol. The third-order valence-corrected chi connectivity index (χ3v) is 3.74. The molecule has 0 saturated heterocycles. The van der Waals surface area contributed by atoms with E-state index in [2.05, 4.69) is 15.5 Å². The van der Waals surface area contributed by atoms with Crippen LogP contribution in [0.2, 0.25) is 0 Å². The third kappa shape index (κ3) is 3.33. The molecular formula is C14H15N3O4S. The number of aromatic nitrogens is 2. The Labute approximate surface area is 131 Å². The second-order valence-electron chi connectivity index (χ2n) is 4.58. The highest BCUT2D eigenvalue weighted by atomic mass is 32.2. The molecule has 0 unspecified atom stereocenters. The van der Waals surface area contributed by atoms with Crippen LogP contribution in [0.25, 0.3) is 11.5 Å². The van der Waals surface area contributed by atoms with Crippen LogP contribution in [0.4, 0.5) is 0 Å². The number of nitrogens with one attached hydrogen (secondary N) is 1. The minimum atomic E-state index is -0.0466. The molecule has 116 valence electrons. The molecule has 0 atom stereocenters. The number of benzene rings is 1. The van der Waals surface area contributed by atoms with Gasteiger partial charge in [0.2, 0.25) is 18.6 Å². The van der Waals surface area contributed by atoms with Crippen molar-refractivity contribution < 1.29 is 18.7 Å². The summed E-state index contributed by atoms with van der Waals surface area (Å²) in [5, 5.41) is 11.1. The van der Waals surface area contributed by atoms with Crippen LogP contribution in [0.5, 0.6) is 11.5 Å². The van der Waals surface area contributed by atoms with Crippen LogP contribution in [0.3, 0.4) is 0 Å². The smallest absolute Gasteiger partial charge is 0.277 e. The van der Waals surface area contributed by atoms with Gasteiger partial charge >= 0.3 is 0 Å². The number of rotatable bonds is 6. The normalized spacial score (nSPS) is 12.4. The van der Waals surface area contributed by atoms with Gasteiger partial charge in [0.15, 0.2) is 11.5 Å². The molecule has 1 aromatic heterocycles. The van der Waals surface area contributed by atoms with Crippen molar-refractivity contribution in [3.8, 4) is 23.0 Å². The van der Waals surface area contributed by atoms with Gasteiger partial charge in [-0.3, -0.25) is 4.79 Å². The van der Waals surface area contributed by atoms with Gasteiger partial charge in [0.25, 0.3) is 5.22 Å². The Kier molecular flexibility index (Phi) is 4.47. The zero-order chi connectivity index (χ0) is 15.4. The van der Waals surface area contributed by atoms with E-state index >= 15 is 0 Å². The van der Waals surface area contributed by atoms with Crippen molar-refractivity contribution >= 4 is 17.7 Å². The number of carbonyl (C=O) groups excluding carboxylic acids is 1. The summed E-state index contributed by atoms with van der Waals surface area (Å²) in [4.78, 5) is 11.5. The minimum Gasteiger partial charge on any atom is -0.454 e. The van der Waals surface area contributed by atoms with E-state index in [1.807, 2.05) is 13.0 Å². The topological polar surface area (TPSA) is 86.5 Å². The van der Waals surface area contributed by atoms with Gasteiger partial charge < -0.3 is 19.2 Å². The Bertz CT molecular complexity index is 674. The molecule has 0 spiro atoms. The van der Waals surface area contributed by atoms with Gasteiger partial charge in [-0.1, -0.05) is 18.7 Å². The quantitative estimate of drug-likeness (QED) is 0.815. The first-order valence-corrected chi connectivity index (χ1v) is 7.88. The Morgan fingerprint density at radius 1 is 1.32 bits per heavy atom. The molecule has 2 aromatic rings. The molecule has 2 heterocycles. The van der Waals surface area contributed by atoms with Gasteiger partial charge in [-0.05, 0) is 24.6 Å². The molecule has 1 aliphatic heterocycles. The molecule has 7 nitrogen and oxygen atoms in total. The zero-order valence-electron chi connectivity index (χ0n) is 12.0. The van der Waals surface area contributed by atoms with Gasteiger partial charge in [0.05, 0.1) is 5.75 Å². The Balaban J connectivity index is 1.62. The average Bonchev–Trinajstić information content (AvgIpc) is 3.18. The van der Waals surface area contributed by atoms with E-state index in [1.54, 1.807) is 12.1 Å². The number of fused-ring (bicyclic) bond motifs is 1. The number of nitrogens with zero attached hydrogens (tertiary/aromatic N) is 2. The maximum atomic E-state index is 11.5. The molecule has 1 N–H and O–H groups in total. The highest BCUT2D eigenvalue weighted by molar-refractivity contribution is 7.99. The van der Waals surface area contributed by atoms with Crippen molar-refractivity contribution in [1.29, 1.82) is 0 Å². The van der Waals surface area contributed by atoms with Crippen LogP contribution in [-0.2, 0) is 4.79 Å². The van der Waals surface area contributed by atoms with E-state index in [1.165, 1.54) is 11.8 Å². The van der Waals surface area contributed by atoms with Crippen molar-refractivity contribution in [3.05, 3.63) is 18.2 Å². The molecule has 0 radical (unpaired) electrons. The molecule has 22 heavy (non-hydrogen) atoms. The summed E-state index contributed by atoms with van der Waals surface area (Å²) in [6, 6.07) is 5.41. The van der Waals surface area contributed by atoms with E-state index in [-0.39, 0.29) is 18.5 Å². The molecule has 1 aliphatic rings. The second-order valence-corrected chi connectivity index (χ2v) is 5.51. The lowest BCUT2D eigenvalue weighted by Gasteiger charge is -2.00. The van der Waals surface area contributed by atoms with E-state index in [4.69, 9.17) is 13.9 Å². The van der Waals surface area contributed by atoms with Gasteiger partial charge in [-0.15, -0.1) is 10.2 Å². The molecule has 0 aliphatic carbocycles. The maximum absolute atomic E-state index is 11.5. The van der Waals surface area contributed by atoms with Crippen LogP contribution >= 0.6 is 11.8 Å². The van der Waals surface area contributed by atoms with Crippen molar-refractivity contribution in [2.45, 2.75) is 18.6 Å². The first kappa shape index (κ1) is 14.7. The number of hydrogen-bond acceptors (Lipinski definition) is 7. The summed E-state index contributed by atoms with van der Waals surface area (Å²) in [7, 11) is 0. The molecule has 0 bridgehead atoms. The van der Waals surface area contributed by atoms with E-state index < -0.39 is 0 Å². The van der Waals surface area contributed by atoms with Crippen LogP contribution in [0.1, 0.15) is 13.3 Å². The van der Waals surface area contributed by atoms with Crippen molar-refractivity contribution in [1.82, 2.24) is 15.5 Å². The highest BCUT2D eigenvalue weighted by Gasteiger charge is 2.17. The van der Waals surface area contributed by atoms with Gasteiger partial charge in [-0.2, -0.15) is 0 Å². The lowest BCUT2D eigenvalue weighted by Crippen LogP contribution is -2.25. The fourth-order valence-electron chi connectivity index (χ4n) is 1.86. The number of ether oxygens (including phenoxy) is 2. The number of amides is 1. The van der Waals surface area contributed by atoms with E-state index in [0.717, 1.165) is 12.0 Å². The van der Waals surface area contributed by atoms with Crippen LogP contribution in [-0.4, -0.2) is 35.2 Å². The molecular weight excluding hydrogens is 306 g/mol. The predicted octanol–water partition coefficient (Wildman–Crippen LogP) is 2.08. The Morgan fingerprint density at radius 2 is 2.18 bits per heavy atom. The minimum absolute atomic E-state index is 0.0466. The van der Waals surface area contributed by atoms with Crippen molar-refractivity contribution in [2.24, 2.45) is 0 Å². The van der Waals surface area contributed by atoms with Gasteiger partial charge in [0.1, 0.15) is 0 Å². The summed E-state index contributed by atoms with van der Waals surface area (Å²) in [6.07, 6.45) is 0.908. The molecule has 1 aromatic carbocycles. The summed E-state index contributed by atoms with van der Waals surface area (Å²) in [5.41, 5.74) is 0.749. The molecule has 0 saturated carbocycles. The summed E-state index contributed by atoms with van der Waals surface area (Å²) in [6.45, 7) is 2.89. The number of carbonyl (C=O) groups is 1. The van der Waals surface area contributed by atoms with Crippen LogP contribution in [0, 0.1) is 0 Å². The monoisotopic (exact) mass is 321 g/mol. The standard InChI is InChI=1S/C14H15N3O4S/c1-2-5-15-12(18)7-22-14-17-16-13(21-14)9-3-4-10-11(6-9)20-8-19-10/h3-4,6H,2,5,7-8H2,1H3,(H,15,18). The Morgan fingerprint density at radius 3 is 3.05 bits per heavy atom. The zero-order valence-corrected chi connectivity index (χ0v) is 12.8. The number of thioether (sulfide) groups is 1. The summed E-state index contributed by atoms with van der Waals surface area (Å²) < 4.78 is 16.1. The molecule has 8 heteroatoms. The van der Waals surface area contributed by atoms with E-state index in [0.29, 0.717) is 29.2 Å². The first-order chi connectivity index (χ1) is 10.8. The van der Waals surface area contributed by atoms with Crippen LogP contribution < -0.4 is 14.8 Å². The van der Waals surface area contributed by atoms with Gasteiger partial charge in [-0.25, -0.2) is 0 Å². The highest BCUT2D eigenvalue weighted by Crippen LogP contribution is 2.35. The largest absolute Gasteiger partial charge is 0.454 e. The SMILES string of the molecule is CCCNC(=O)CSc1nnc(-c2ccc3c(c2)OCO3)o1. The lowest BCUT2D eigenvalue weighted by atomic mass is 10.2. The summed E-state index contributed by atoms with van der Waals surface area (Å²) in [5.74, 6) is 1.95. The second kappa shape index (κ2) is 6.69. The third-order valence-electron chi connectivity index (χ3n) is 2.92. The number of hydrogen-bond donors (Lipinski definition) is 1. The van der Waals surface area contributed by atoms with Gasteiger partial charge in [0, 0.05) is 12.1 Å². The molecule has 1 amide bonds. The predicted molar refractivity (Wildman–Crippen MR) is 79.9 cm³/mol. The molecule has 0 fully saturated rings. The van der Waals surface area contributed by atoms with Crippen LogP contribution in [0.15, 0.2) is 27.8 Å². The fourth-order valence-corrected chi connectivity index (χ4v) is 2.45. The Hall–Kier alpha value is -2.22.